The zero-order valence-corrected chi connectivity index (χ0v) is 16.7. The number of carbonyl (C=O) groups is 1. The van der Waals surface area contributed by atoms with E-state index in [1.807, 2.05) is 6.07 Å². The van der Waals surface area contributed by atoms with E-state index < -0.39 is 0 Å². The number of rotatable bonds is 5. The van der Waals surface area contributed by atoms with E-state index in [2.05, 4.69) is 33.7 Å². The average Bonchev–Trinajstić information content (AvgIpc) is 3.21. The van der Waals surface area contributed by atoms with Crippen molar-refractivity contribution in [3.05, 3.63) is 65.0 Å². The quantitative estimate of drug-likeness (QED) is 0.780. The van der Waals surface area contributed by atoms with Crippen molar-refractivity contribution < 1.29 is 9.18 Å². The van der Waals surface area contributed by atoms with Gasteiger partial charge in [-0.05, 0) is 67.2 Å². The Kier molecular flexibility index (Phi) is 6.17. The Bertz CT molecular complexity index is 838. The predicted octanol–water partition coefficient (Wildman–Crippen LogP) is 4.46. The third-order valence-electron chi connectivity index (χ3n) is 5.47. The molecule has 28 heavy (non-hydrogen) atoms. The molecule has 0 unspecified atom stereocenters. The molecule has 0 saturated carbocycles. The highest BCUT2D eigenvalue weighted by molar-refractivity contribution is 7.99. The van der Waals surface area contributed by atoms with Crippen LogP contribution in [0.4, 0.5) is 9.18 Å². The summed E-state index contributed by atoms with van der Waals surface area (Å²) in [4.78, 5) is 16.0. The number of nitrogens with zero attached hydrogens (tertiary/aromatic N) is 1. The molecule has 0 bridgehead atoms. The van der Waals surface area contributed by atoms with Crippen LogP contribution in [0, 0.1) is 5.82 Å². The Morgan fingerprint density at radius 1 is 1.14 bits per heavy atom. The highest BCUT2D eigenvalue weighted by atomic mass is 32.2. The van der Waals surface area contributed by atoms with Gasteiger partial charge >= 0.3 is 6.03 Å². The van der Waals surface area contributed by atoms with Gasteiger partial charge in [0.2, 0.25) is 0 Å². The van der Waals surface area contributed by atoms with Gasteiger partial charge in [0.1, 0.15) is 5.82 Å². The van der Waals surface area contributed by atoms with Gasteiger partial charge in [-0.2, -0.15) is 0 Å². The van der Waals surface area contributed by atoms with Crippen LogP contribution in [-0.4, -0.2) is 29.8 Å². The highest BCUT2D eigenvalue weighted by Gasteiger charge is 2.23. The van der Waals surface area contributed by atoms with E-state index in [4.69, 9.17) is 0 Å². The summed E-state index contributed by atoms with van der Waals surface area (Å²) in [5.41, 5.74) is 3.29. The van der Waals surface area contributed by atoms with Crippen LogP contribution in [0.1, 0.15) is 42.0 Å². The van der Waals surface area contributed by atoms with E-state index in [0.29, 0.717) is 6.54 Å². The normalized spacial score (nSPS) is 19.2. The van der Waals surface area contributed by atoms with Crippen molar-refractivity contribution in [2.75, 3.05) is 18.8 Å². The Morgan fingerprint density at radius 2 is 1.93 bits per heavy atom. The van der Waals surface area contributed by atoms with E-state index in [1.165, 1.54) is 30.5 Å². The lowest BCUT2D eigenvalue weighted by atomic mass is 10.0. The second kappa shape index (κ2) is 8.97. The van der Waals surface area contributed by atoms with Crippen LogP contribution in [0.15, 0.2) is 47.4 Å². The molecule has 0 radical (unpaired) electrons. The number of urea groups is 1. The summed E-state index contributed by atoms with van der Waals surface area (Å²) in [6.07, 6.45) is 3.34. The minimum Gasteiger partial charge on any atom is -0.334 e. The molecule has 2 N–H and O–H groups in total. The van der Waals surface area contributed by atoms with Crippen LogP contribution in [0.2, 0.25) is 0 Å². The molecule has 2 aromatic rings. The molecule has 0 aromatic heterocycles. The third kappa shape index (κ3) is 4.67. The Morgan fingerprint density at radius 3 is 2.75 bits per heavy atom. The van der Waals surface area contributed by atoms with Crippen LogP contribution in [0.5, 0.6) is 0 Å². The molecule has 1 saturated heterocycles. The van der Waals surface area contributed by atoms with Crippen molar-refractivity contribution in [2.45, 2.75) is 43.3 Å². The molecular weight excluding hydrogens is 373 g/mol. The van der Waals surface area contributed by atoms with Gasteiger partial charge in [0.15, 0.2) is 0 Å². The number of halogens is 1. The van der Waals surface area contributed by atoms with Crippen molar-refractivity contribution in [3.63, 3.8) is 0 Å². The molecule has 0 aliphatic carbocycles. The van der Waals surface area contributed by atoms with E-state index in [1.54, 1.807) is 17.8 Å². The predicted molar refractivity (Wildman–Crippen MR) is 111 cm³/mol. The fraction of sp³-hybridized carbons (Fsp3) is 0.409. The van der Waals surface area contributed by atoms with Gasteiger partial charge < -0.3 is 10.6 Å². The summed E-state index contributed by atoms with van der Waals surface area (Å²) in [6.45, 7) is 3.73. The fourth-order valence-electron chi connectivity index (χ4n) is 3.97. The number of benzene rings is 2. The van der Waals surface area contributed by atoms with E-state index in [0.717, 1.165) is 47.8 Å². The number of carbonyl (C=O) groups excluding carboxylic acids is 1. The lowest BCUT2D eigenvalue weighted by Crippen LogP contribution is -2.38. The molecule has 2 amide bonds. The van der Waals surface area contributed by atoms with Gasteiger partial charge in [-0.15, -0.1) is 11.8 Å². The highest BCUT2D eigenvalue weighted by Crippen LogP contribution is 2.36. The molecule has 1 fully saturated rings. The first-order valence-electron chi connectivity index (χ1n) is 9.95. The maximum Gasteiger partial charge on any atom is 0.315 e. The first-order valence-corrected chi connectivity index (χ1v) is 10.9. The maximum absolute atomic E-state index is 13.6. The van der Waals surface area contributed by atoms with Crippen molar-refractivity contribution in [1.82, 2.24) is 15.5 Å². The lowest BCUT2D eigenvalue weighted by Gasteiger charge is -2.26. The van der Waals surface area contributed by atoms with Crippen LogP contribution in [0.25, 0.3) is 0 Å². The standard InChI is InChI=1S/C22H26FN3OS/c23-18-7-8-21-19(13-18)20(9-12-28-21)25-22(27)24-14-16-5-1-2-6-17(16)15-26-10-3-4-11-26/h1-2,5-8,13,20H,3-4,9-12,14-15H2,(H2,24,25,27)/t20-/m0/s1. The van der Waals surface area contributed by atoms with Gasteiger partial charge in [-0.1, -0.05) is 24.3 Å². The summed E-state index contributed by atoms with van der Waals surface area (Å²) < 4.78 is 13.6. The molecule has 2 heterocycles. The number of likely N-dealkylation sites (tertiary alicyclic amines) is 1. The van der Waals surface area contributed by atoms with E-state index >= 15 is 0 Å². The first-order chi connectivity index (χ1) is 13.7. The van der Waals surface area contributed by atoms with Crippen molar-refractivity contribution >= 4 is 17.8 Å². The number of thioether (sulfide) groups is 1. The SMILES string of the molecule is O=C(NCc1ccccc1CN1CCCC1)N[C@H]1CCSc2ccc(F)cc21. The Balaban J connectivity index is 1.36. The third-order valence-corrected chi connectivity index (χ3v) is 6.59. The lowest BCUT2D eigenvalue weighted by molar-refractivity contribution is 0.236. The summed E-state index contributed by atoms with van der Waals surface area (Å²) in [7, 11) is 0. The van der Waals surface area contributed by atoms with Crippen LogP contribution < -0.4 is 10.6 Å². The molecule has 2 aliphatic heterocycles. The molecular formula is C22H26FN3OS. The molecule has 148 valence electrons. The van der Waals surface area contributed by atoms with Crippen LogP contribution in [-0.2, 0) is 13.1 Å². The average molecular weight is 400 g/mol. The second-order valence-corrected chi connectivity index (χ2v) is 8.59. The van der Waals surface area contributed by atoms with Crippen molar-refractivity contribution in [3.8, 4) is 0 Å². The van der Waals surface area contributed by atoms with Gasteiger partial charge in [0, 0.05) is 23.7 Å². The number of hydrogen-bond acceptors (Lipinski definition) is 3. The molecule has 2 aromatic carbocycles. The smallest absolute Gasteiger partial charge is 0.315 e. The summed E-state index contributed by atoms with van der Waals surface area (Å²) in [5, 5.41) is 6.01. The summed E-state index contributed by atoms with van der Waals surface area (Å²) >= 11 is 1.71. The van der Waals surface area contributed by atoms with Crippen molar-refractivity contribution in [1.29, 1.82) is 0 Å². The molecule has 4 nitrogen and oxygen atoms in total. The first kappa shape index (κ1) is 19.3. The maximum atomic E-state index is 13.6. The Labute approximate surface area is 169 Å². The monoisotopic (exact) mass is 399 g/mol. The van der Waals surface area contributed by atoms with E-state index in [-0.39, 0.29) is 17.9 Å². The minimum atomic E-state index is -0.260. The molecule has 6 heteroatoms. The van der Waals surface area contributed by atoms with Gasteiger partial charge in [0.25, 0.3) is 0 Å². The largest absolute Gasteiger partial charge is 0.334 e. The minimum absolute atomic E-state index is 0.146. The number of nitrogens with one attached hydrogen (secondary N) is 2. The zero-order valence-electron chi connectivity index (χ0n) is 15.9. The zero-order chi connectivity index (χ0) is 19.3. The van der Waals surface area contributed by atoms with Gasteiger partial charge in [-0.25, -0.2) is 9.18 Å². The number of fused-ring (bicyclic) bond motifs is 1. The van der Waals surface area contributed by atoms with E-state index in [9.17, 15) is 9.18 Å². The number of hydrogen-bond donors (Lipinski definition) is 2. The fourth-order valence-corrected chi connectivity index (χ4v) is 5.07. The topological polar surface area (TPSA) is 44.4 Å². The molecule has 0 spiro atoms. The Hall–Kier alpha value is -2.05. The van der Waals surface area contributed by atoms with Crippen molar-refractivity contribution in [2.24, 2.45) is 0 Å². The summed E-state index contributed by atoms with van der Waals surface area (Å²) in [6, 6.07) is 12.8. The number of amides is 2. The van der Waals surface area contributed by atoms with Crippen LogP contribution >= 0.6 is 11.8 Å². The molecule has 1 atom stereocenters. The molecule has 2 aliphatic rings. The molecule has 4 rings (SSSR count). The van der Waals surface area contributed by atoms with Crippen LogP contribution in [0.3, 0.4) is 0 Å². The van der Waals surface area contributed by atoms with Gasteiger partial charge in [-0.3, -0.25) is 4.90 Å². The second-order valence-electron chi connectivity index (χ2n) is 7.45. The van der Waals surface area contributed by atoms with Gasteiger partial charge in [0.05, 0.1) is 6.04 Å². The summed E-state index contributed by atoms with van der Waals surface area (Å²) in [5.74, 6) is 0.659.